The molecule has 1 heterocycles. The zero-order valence-electron chi connectivity index (χ0n) is 19.0. The van der Waals surface area contributed by atoms with Crippen LogP contribution in [0.5, 0.6) is 0 Å². The molecule has 4 rings (SSSR count). The fourth-order valence-electron chi connectivity index (χ4n) is 5.96. The van der Waals surface area contributed by atoms with Crippen LogP contribution in [-0.2, 0) is 20.7 Å². The minimum atomic E-state index is -0.702. The number of cyclic esters (lactones) is 1. The molecule has 3 aliphatic rings. The number of ether oxygens (including phenoxy) is 2. The van der Waals surface area contributed by atoms with E-state index in [-0.39, 0.29) is 29.7 Å². The molecule has 0 radical (unpaired) electrons. The van der Waals surface area contributed by atoms with E-state index < -0.39 is 5.60 Å². The van der Waals surface area contributed by atoms with E-state index in [9.17, 15) is 9.90 Å². The van der Waals surface area contributed by atoms with Gasteiger partial charge < -0.3 is 14.6 Å². The molecular weight excluding hydrogens is 388 g/mol. The third kappa shape index (κ3) is 5.00. The van der Waals surface area contributed by atoms with E-state index in [1.54, 1.807) is 0 Å². The quantitative estimate of drug-likeness (QED) is 0.471. The Morgan fingerprint density at radius 3 is 2.39 bits per heavy atom. The lowest BCUT2D eigenvalue weighted by Crippen LogP contribution is -2.51. The summed E-state index contributed by atoms with van der Waals surface area (Å²) in [6.45, 7) is 2.56. The van der Waals surface area contributed by atoms with Crippen LogP contribution in [0.1, 0.15) is 83.1 Å². The summed E-state index contributed by atoms with van der Waals surface area (Å²) in [5.74, 6) is -0.161. The van der Waals surface area contributed by atoms with Gasteiger partial charge in [-0.05, 0) is 56.4 Å². The number of carbonyl (C=O) groups is 1. The highest BCUT2D eigenvalue weighted by Gasteiger charge is 2.51. The van der Waals surface area contributed by atoms with Crippen LogP contribution in [0, 0.1) is 11.8 Å². The van der Waals surface area contributed by atoms with Crippen LogP contribution in [0.2, 0.25) is 0 Å². The molecule has 0 spiro atoms. The number of rotatable bonds is 9. The van der Waals surface area contributed by atoms with Gasteiger partial charge in [0, 0.05) is 0 Å². The second kappa shape index (κ2) is 10.2. The fourth-order valence-corrected chi connectivity index (χ4v) is 5.96. The first kappa shape index (κ1) is 22.4. The Balaban J connectivity index is 1.63. The van der Waals surface area contributed by atoms with Crippen molar-refractivity contribution in [3.05, 3.63) is 47.2 Å². The number of hydrogen-bond acceptors (Lipinski definition) is 4. The van der Waals surface area contributed by atoms with Gasteiger partial charge in [-0.15, -0.1) is 0 Å². The molecule has 1 aliphatic heterocycles. The second-order valence-corrected chi connectivity index (χ2v) is 9.76. The smallest absolute Gasteiger partial charge is 0.338 e. The zero-order valence-corrected chi connectivity index (χ0v) is 19.0. The summed E-state index contributed by atoms with van der Waals surface area (Å²) >= 11 is 0. The molecular formula is C27H38O4. The maximum Gasteiger partial charge on any atom is 0.338 e. The molecule has 0 amide bonds. The molecule has 0 bridgehead atoms. The van der Waals surface area contributed by atoms with Gasteiger partial charge in [0.2, 0.25) is 0 Å². The van der Waals surface area contributed by atoms with Gasteiger partial charge in [-0.3, -0.25) is 0 Å². The van der Waals surface area contributed by atoms with Crippen molar-refractivity contribution in [1.29, 1.82) is 0 Å². The maximum absolute atomic E-state index is 13.2. The van der Waals surface area contributed by atoms with Gasteiger partial charge in [-0.25, -0.2) is 4.79 Å². The Kier molecular flexibility index (Phi) is 7.37. The van der Waals surface area contributed by atoms with Crippen molar-refractivity contribution >= 4 is 5.97 Å². The largest absolute Gasteiger partial charge is 0.511 e. The van der Waals surface area contributed by atoms with Crippen molar-refractivity contribution in [3.8, 4) is 0 Å². The van der Waals surface area contributed by atoms with E-state index in [4.69, 9.17) is 9.47 Å². The number of aliphatic hydroxyl groups is 1. The maximum atomic E-state index is 13.2. The van der Waals surface area contributed by atoms with Crippen molar-refractivity contribution in [3.63, 3.8) is 0 Å². The van der Waals surface area contributed by atoms with Crippen LogP contribution in [0.15, 0.2) is 41.7 Å². The van der Waals surface area contributed by atoms with Gasteiger partial charge in [0.25, 0.3) is 0 Å². The van der Waals surface area contributed by atoms with Crippen LogP contribution >= 0.6 is 0 Å². The topological polar surface area (TPSA) is 55.8 Å². The number of carbonyl (C=O) groups excluding carboxylic acids is 1. The molecule has 2 saturated carbocycles. The fraction of sp³-hybridized carbons (Fsp3) is 0.667. The van der Waals surface area contributed by atoms with Gasteiger partial charge in [-0.1, -0.05) is 69.4 Å². The molecule has 2 unspecified atom stereocenters. The van der Waals surface area contributed by atoms with E-state index in [2.05, 4.69) is 19.1 Å². The molecule has 2 aliphatic carbocycles. The lowest BCUT2D eigenvalue weighted by molar-refractivity contribution is -0.174. The Bertz CT molecular complexity index is 759. The normalized spacial score (nSPS) is 27.8. The van der Waals surface area contributed by atoms with Crippen molar-refractivity contribution in [2.75, 3.05) is 6.61 Å². The van der Waals surface area contributed by atoms with Crippen LogP contribution in [0.25, 0.3) is 0 Å². The Hall–Kier alpha value is -1.81. The number of hydrogen-bond donors (Lipinski definition) is 1. The minimum Gasteiger partial charge on any atom is -0.511 e. The highest BCUT2D eigenvalue weighted by atomic mass is 16.6. The van der Waals surface area contributed by atoms with E-state index in [0.717, 1.165) is 57.8 Å². The molecule has 1 aromatic rings. The number of aryl methyl sites for hydroxylation is 1. The van der Waals surface area contributed by atoms with Gasteiger partial charge in [0.05, 0.1) is 24.2 Å². The van der Waals surface area contributed by atoms with Crippen LogP contribution < -0.4 is 0 Å². The first-order chi connectivity index (χ1) is 15.1. The van der Waals surface area contributed by atoms with Crippen LogP contribution in [0.4, 0.5) is 0 Å². The lowest BCUT2D eigenvalue weighted by Gasteiger charge is -2.44. The molecule has 0 aromatic heterocycles. The van der Waals surface area contributed by atoms with E-state index in [1.165, 1.54) is 18.4 Å². The first-order valence-electron chi connectivity index (χ1n) is 12.4. The van der Waals surface area contributed by atoms with Crippen LogP contribution in [-0.4, -0.2) is 29.4 Å². The predicted octanol–water partition coefficient (Wildman–Crippen LogP) is 6.29. The summed E-state index contributed by atoms with van der Waals surface area (Å²) in [7, 11) is 0. The van der Waals surface area contributed by atoms with Gasteiger partial charge in [0.1, 0.15) is 11.4 Å². The van der Waals surface area contributed by atoms with Crippen molar-refractivity contribution in [1.82, 2.24) is 0 Å². The SMILES string of the molecule is CCCC1(CCc2ccccc2)OC(=O)C(C2CCCC2)=C(O)C1COC1CCCC1. The average molecular weight is 427 g/mol. The Morgan fingerprint density at radius 1 is 1.03 bits per heavy atom. The number of benzene rings is 1. The van der Waals surface area contributed by atoms with E-state index >= 15 is 0 Å². The average Bonchev–Trinajstić information content (AvgIpc) is 3.47. The summed E-state index contributed by atoms with van der Waals surface area (Å²) < 4.78 is 12.6. The third-order valence-corrected chi connectivity index (χ3v) is 7.67. The lowest BCUT2D eigenvalue weighted by atomic mass is 9.74. The van der Waals surface area contributed by atoms with Crippen molar-refractivity contribution in [2.45, 2.75) is 95.7 Å². The molecule has 4 nitrogen and oxygen atoms in total. The molecule has 31 heavy (non-hydrogen) atoms. The summed E-state index contributed by atoms with van der Waals surface area (Å²) in [5, 5.41) is 11.5. The Labute approximate surface area is 187 Å². The summed E-state index contributed by atoms with van der Waals surface area (Å²) in [4.78, 5) is 13.2. The van der Waals surface area contributed by atoms with Gasteiger partial charge >= 0.3 is 5.97 Å². The van der Waals surface area contributed by atoms with Crippen LogP contribution in [0.3, 0.4) is 0 Å². The zero-order chi connectivity index (χ0) is 21.7. The molecule has 2 fully saturated rings. The molecule has 1 N–H and O–H groups in total. The number of esters is 1. The third-order valence-electron chi connectivity index (χ3n) is 7.67. The van der Waals surface area contributed by atoms with Crippen molar-refractivity contribution < 1.29 is 19.4 Å². The molecule has 1 aromatic carbocycles. The van der Waals surface area contributed by atoms with E-state index in [1.807, 2.05) is 18.2 Å². The highest BCUT2D eigenvalue weighted by Crippen LogP contribution is 2.46. The summed E-state index contributed by atoms with van der Waals surface area (Å²) in [5.41, 5.74) is 1.07. The molecule has 0 saturated heterocycles. The predicted molar refractivity (Wildman–Crippen MR) is 122 cm³/mol. The molecule has 170 valence electrons. The van der Waals surface area contributed by atoms with Gasteiger partial charge in [0.15, 0.2) is 0 Å². The summed E-state index contributed by atoms with van der Waals surface area (Å²) in [6, 6.07) is 10.4. The standard InChI is InChI=1S/C27H38O4/c1-2-17-27(18-16-20-10-4-3-5-11-20)23(19-30-22-14-8-9-15-22)25(28)24(26(29)31-27)21-12-6-7-13-21/h3-5,10-11,21-23,28H,2,6-9,12-19H2,1H3. The van der Waals surface area contributed by atoms with Crippen molar-refractivity contribution in [2.24, 2.45) is 11.8 Å². The molecule has 2 atom stereocenters. The highest BCUT2D eigenvalue weighted by molar-refractivity contribution is 5.91. The monoisotopic (exact) mass is 426 g/mol. The summed E-state index contributed by atoms with van der Waals surface area (Å²) in [6.07, 6.45) is 12.2. The Morgan fingerprint density at radius 2 is 1.71 bits per heavy atom. The first-order valence-corrected chi connectivity index (χ1v) is 12.4. The van der Waals surface area contributed by atoms with Gasteiger partial charge in [-0.2, -0.15) is 0 Å². The second-order valence-electron chi connectivity index (χ2n) is 9.76. The number of aliphatic hydroxyl groups excluding tert-OH is 1. The van der Waals surface area contributed by atoms with E-state index in [0.29, 0.717) is 18.6 Å². The molecule has 4 heteroatoms. The minimum absolute atomic E-state index is 0.134.